The maximum absolute atomic E-state index is 12.5. The first-order valence-electron chi connectivity index (χ1n) is 13.1. The van der Waals surface area contributed by atoms with Gasteiger partial charge < -0.3 is 20.0 Å². The van der Waals surface area contributed by atoms with Crippen LogP contribution in [0.5, 0.6) is 0 Å². The molecular formula is C25H35N5O2. The third kappa shape index (κ3) is 5.38. The number of hydrogen-bond donors (Lipinski definition) is 1. The van der Waals surface area contributed by atoms with E-state index < -0.39 is 6.98 Å². The summed E-state index contributed by atoms with van der Waals surface area (Å²) in [4.78, 5) is 35.2. The maximum atomic E-state index is 12.5. The van der Waals surface area contributed by atoms with Gasteiger partial charge in [-0.05, 0) is 62.5 Å². The molecule has 2 amide bonds. The van der Waals surface area contributed by atoms with Gasteiger partial charge in [0.15, 0.2) is 0 Å². The molecule has 2 aliphatic rings. The molecule has 3 heterocycles. The Labute approximate surface area is 195 Å². The lowest BCUT2D eigenvalue weighted by Gasteiger charge is -2.32. The Kier molecular flexibility index (Phi) is 5.81. The predicted molar refractivity (Wildman–Crippen MR) is 129 cm³/mol. The van der Waals surface area contributed by atoms with Crippen LogP contribution in [0.15, 0.2) is 24.3 Å². The quantitative estimate of drug-likeness (QED) is 0.773. The smallest absolute Gasteiger partial charge is 0.224 e. The van der Waals surface area contributed by atoms with E-state index in [1.54, 1.807) is 4.90 Å². The lowest BCUT2D eigenvalue weighted by Crippen LogP contribution is -2.47. The average Bonchev–Trinajstić information content (AvgIpc) is 2.83. The van der Waals surface area contributed by atoms with Gasteiger partial charge in [-0.3, -0.25) is 9.59 Å². The molecule has 0 unspecified atom stereocenters. The lowest BCUT2D eigenvalue weighted by molar-refractivity contribution is -0.134. The zero-order chi connectivity index (χ0) is 25.2. The van der Waals surface area contributed by atoms with Gasteiger partial charge in [-0.1, -0.05) is 6.92 Å². The molecule has 2 aromatic rings. The van der Waals surface area contributed by atoms with Crippen LogP contribution < -0.4 is 10.2 Å². The van der Waals surface area contributed by atoms with Crippen molar-refractivity contribution in [2.45, 2.75) is 39.5 Å². The van der Waals surface area contributed by atoms with Crippen molar-refractivity contribution in [1.29, 1.82) is 0 Å². The Morgan fingerprint density at radius 3 is 2.56 bits per heavy atom. The largest absolute Gasteiger partial charge is 0.357 e. The minimum absolute atomic E-state index is 0.0832. The molecule has 0 aliphatic carbocycles. The minimum Gasteiger partial charge on any atom is -0.357 e. The molecule has 0 radical (unpaired) electrons. The third-order valence-corrected chi connectivity index (χ3v) is 6.59. The fourth-order valence-electron chi connectivity index (χ4n) is 4.41. The first kappa shape index (κ1) is 18.9. The van der Waals surface area contributed by atoms with Gasteiger partial charge in [-0.15, -0.1) is 0 Å². The third-order valence-electron chi connectivity index (χ3n) is 6.59. The van der Waals surface area contributed by atoms with Crippen LogP contribution in [0.3, 0.4) is 0 Å². The van der Waals surface area contributed by atoms with Crippen molar-refractivity contribution in [2.24, 2.45) is 5.92 Å². The number of aromatic nitrogens is 1. The number of fused-ring (bicyclic) bond motifs is 1. The number of amides is 2. The monoisotopic (exact) mass is 440 g/mol. The second-order valence-corrected chi connectivity index (χ2v) is 9.11. The van der Waals surface area contributed by atoms with Gasteiger partial charge in [0, 0.05) is 67.3 Å². The first-order valence-corrected chi connectivity index (χ1v) is 11.6. The Balaban J connectivity index is 1.31. The minimum atomic E-state index is -2.13. The summed E-state index contributed by atoms with van der Waals surface area (Å²) in [5.74, 6) is 1.44. The Hall–Kier alpha value is -2.67. The number of nitrogens with one attached hydrogen (secondary N) is 1. The van der Waals surface area contributed by atoms with Gasteiger partial charge in [-0.25, -0.2) is 4.98 Å². The van der Waals surface area contributed by atoms with Crippen LogP contribution in [0.25, 0.3) is 10.9 Å². The highest BCUT2D eigenvalue weighted by Gasteiger charge is 2.20. The van der Waals surface area contributed by atoms with E-state index in [1.807, 2.05) is 18.2 Å². The number of pyridine rings is 1. The van der Waals surface area contributed by atoms with E-state index in [1.165, 1.54) is 17.7 Å². The van der Waals surface area contributed by atoms with Gasteiger partial charge in [0.25, 0.3) is 0 Å². The summed E-state index contributed by atoms with van der Waals surface area (Å²) in [7, 11) is 0. The molecule has 7 nitrogen and oxygen atoms in total. The van der Waals surface area contributed by atoms with Crippen LogP contribution >= 0.6 is 0 Å². The topological polar surface area (TPSA) is 68.8 Å². The van der Waals surface area contributed by atoms with Crippen molar-refractivity contribution in [3.63, 3.8) is 0 Å². The van der Waals surface area contributed by atoms with E-state index in [2.05, 4.69) is 30.1 Å². The van der Waals surface area contributed by atoms with Gasteiger partial charge in [0.05, 0.1) is 5.52 Å². The Morgan fingerprint density at radius 2 is 1.84 bits per heavy atom. The van der Waals surface area contributed by atoms with Crippen molar-refractivity contribution in [3.8, 4) is 0 Å². The lowest BCUT2D eigenvalue weighted by atomic mass is 9.99. The zero-order valence-corrected chi connectivity index (χ0v) is 19.1. The number of nitrogens with zero attached hydrogens (tertiary/aromatic N) is 4. The number of benzene rings is 1. The van der Waals surface area contributed by atoms with E-state index in [4.69, 9.17) is 9.10 Å². The molecule has 1 aromatic heterocycles. The molecule has 0 bridgehead atoms. The summed E-state index contributed by atoms with van der Waals surface area (Å²) in [5, 5.41) is 3.90. The molecule has 1 aromatic carbocycles. The number of piperazine rings is 1. The highest BCUT2D eigenvalue weighted by atomic mass is 16.2. The average molecular weight is 441 g/mol. The molecule has 4 rings (SSSR count). The second kappa shape index (κ2) is 9.86. The van der Waals surface area contributed by atoms with Gasteiger partial charge in [0.1, 0.15) is 5.82 Å². The molecule has 0 atom stereocenters. The van der Waals surface area contributed by atoms with Crippen molar-refractivity contribution in [1.82, 2.24) is 14.8 Å². The molecule has 2 aliphatic heterocycles. The van der Waals surface area contributed by atoms with E-state index >= 15 is 0 Å². The highest BCUT2D eigenvalue weighted by Crippen LogP contribution is 2.28. The molecule has 172 valence electrons. The van der Waals surface area contributed by atoms with Gasteiger partial charge >= 0.3 is 0 Å². The van der Waals surface area contributed by atoms with Crippen LogP contribution in [0, 0.1) is 12.8 Å². The SMILES string of the molecule is [2H]C([2H])([2H])N1CCN(C(=O)CCC(=O)Nc2ccc3nc(N4CCC(C)CC4)cc(C)c3c2)CC1. The summed E-state index contributed by atoms with van der Waals surface area (Å²) >= 11 is 0. The van der Waals surface area contributed by atoms with Crippen LogP contribution in [0.4, 0.5) is 11.5 Å². The van der Waals surface area contributed by atoms with Gasteiger partial charge in [0.2, 0.25) is 11.8 Å². The van der Waals surface area contributed by atoms with Crippen molar-refractivity contribution in [3.05, 3.63) is 29.8 Å². The molecule has 7 heteroatoms. The summed E-state index contributed by atoms with van der Waals surface area (Å²) in [6, 6.07) is 7.84. The van der Waals surface area contributed by atoms with Crippen molar-refractivity contribution < 1.29 is 13.7 Å². The van der Waals surface area contributed by atoms with Crippen molar-refractivity contribution in [2.75, 3.05) is 56.5 Å². The van der Waals surface area contributed by atoms with Crippen LogP contribution in [0.2, 0.25) is 0 Å². The van der Waals surface area contributed by atoms with Crippen molar-refractivity contribution >= 4 is 34.2 Å². The Morgan fingerprint density at radius 1 is 1.09 bits per heavy atom. The zero-order valence-electron chi connectivity index (χ0n) is 22.1. The predicted octanol–water partition coefficient (Wildman–Crippen LogP) is 3.27. The molecule has 0 saturated carbocycles. The standard InChI is InChI=1S/C25H35N5O2/c1-18-8-10-29(11-9-18)23-16-19(2)21-17-20(4-5-22(21)27-23)26-24(31)6-7-25(32)30-14-12-28(3)13-15-30/h4-5,16-18H,6-15H2,1-3H3,(H,26,31)/i3D3. The summed E-state index contributed by atoms with van der Waals surface area (Å²) in [6.07, 6.45) is 2.56. The fourth-order valence-corrected chi connectivity index (χ4v) is 4.41. The van der Waals surface area contributed by atoms with Crippen LogP contribution in [-0.4, -0.2) is 72.8 Å². The number of anilines is 2. The van der Waals surface area contributed by atoms with E-state index in [-0.39, 0.29) is 24.7 Å². The molecule has 32 heavy (non-hydrogen) atoms. The first-order chi connectivity index (χ1) is 16.6. The summed E-state index contributed by atoms with van der Waals surface area (Å²) in [5.41, 5.74) is 2.71. The molecule has 2 saturated heterocycles. The Bertz CT molecular complexity index is 1070. The van der Waals surface area contributed by atoms with E-state index in [9.17, 15) is 9.59 Å². The molecular weight excluding hydrogens is 402 g/mol. The number of carbonyl (C=O) groups is 2. The van der Waals surface area contributed by atoms with Crippen LogP contribution in [-0.2, 0) is 9.59 Å². The molecule has 0 spiro atoms. The maximum Gasteiger partial charge on any atom is 0.224 e. The fraction of sp³-hybridized carbons (Fsp3) is 0.560. The van der Waals surface area contributed by atoms with Gasteiger partial charge in [-0.2, -0.15) is 0 Å². The number of likely N-dealkylation sites (N-methyl/N-ethyl adjacent to an activating group) is 1. The second-order valence-electron chi connectivity index (χ2n) is 9.11. The number of carbonyl (C=O) groups excluding carboxylic acids is 2. The molecule has 1 N–H and O–H groups in total. The number of rotatable bonds is 5. The summed E-state index contributed by atoms with van der Waals surface area (Å²) < 4.78 is 22.4. The number of aryl methyl sites for hydroxylation is 1. The van der Waals surface area contributed by atoms with E-state index in [0.717, 1.165) is 41.3 Å². The molecule has 2 fully saturated rings. The number of piperidine rings is 1. The van der Waals surface area contributed by atoms with E-state index in [0.29, 0.717) is 31.9 Å². The summed E-state index contributed by atoms with van der Waals surface area (Å²) in [6.45, 7) is 5.66. The van der Waals surface area contributed by atoms with Crippen LogP contribution in [0.1, 0.15) is 42.3 Å². The highest BCUT2D eigenvalue weighted by molar-refractivity contribution is 5.96. The normalized spacial score (nSPS) is 20.0. The number of hydrogen-bond acceptors (Lipinski definition) is 5.